The molecule has 1 aliphatic heterocycles. The molecule has 8 nitrogen and oxygen atoms in total. The summed E-state index contributed by atoms with van der Waals surface area (Å²) in [5.41, 5.74) is 13.6. The Morgan fingerprint density at radius 2 is 1.97 bits per heavy atom. The van der Waals surface area contributed by atoms with Gasteiger partial charge >= 0.3 is 6.61 Å². The Balaban J connectivity index is 1.73. The van der Waals surface area contributed by atoms with Crippen molar-refractivity contribution in [3.63, 3.8) is 0 Å². The van der Waals surface area contributed by atoms with Crippen molar-refractivity contribution in [1.82, 2.24) is 19.9 Å². The molecule has 1 atom stereocenters. The van der Waals surface area contributed by atoms with Gasteiger partial charge in [-0.2, -0.15) is 8.78 Å². The molecular weight excluding hydrogens is 387 g/mol. The number of aryl methyl sites for hydroxylation is 1. The van der Waals surface area contributed by atoms with Gasteiger partial charge in [0, 0.05) is 17.7 Å². The Morgan fingerprint density at radius 3 is 2.66 bits per heavy atom. The van der Waals surface area contributed by atoms with Crippen LogP contribution in [0.25, 0.3) is 17.0 Å². The summed E-state index contributed by atoms with van der Waals surface area (Å²) in [6.45, 7) is -1.21. The highest BCUT2D eigenvalue weighted by molar-refractivity contribution is 5.98. The van der Waals surface area contributed by atoms with E-state index in [-0.39, 0.29) is 11.6 Å². The van der Waals surface area contributed by atoms with Crippen LogP contribution in [0, 0.1) is 12.7 Å². The normalized spacial score (nSPS) is 19.1. The van der Waals surface area contributed by atoms with Crippen molar-refractivity contribution in [3.05, 3.63) is 59.8 Å². The lowest BCUT2D eigenvalue weighted by atomic mass is 10.1. The summed E-state index contributed by atoms with van der Waals surface area (Å²) in [6.07, 6.45) is 2.60. The summed E-state index contributed by atoms with van der Waals surface area (Å²) in [4.78, 5) is 12.5. The minimum atomic E-state index is -2.94. The highest BCUT2D eigenvalue weighted by atomic mass is 19.3. The van der Waals surface area contributed by atoms with Crippen LogP contribution in [0.1, 0.15) is 11.4 Å². The van der Waals surface area contributed by atoms with Crippen molar-refractivity contribution in [2.24, 2.45) is 16.5 Å². The molecule has 0 amide bonds. The zero-order valence-electron chi connectivity index (χ0n) is 15.1. The van der Waals surface area contributed by atoms with Gasteiger partial charge in [0.2, 0.25) is 5.79 Å². The van der Waals surface area contributed by atoms with Crippen LogP contribution in [-0.2, 0) is 5.79 Å². The molecule has 0 radical (unpaired) electrons. The molecule has 0 fully saturated rings. The SMILES string of the molecule is Cc1nc2ncc(F)cc2n1C1=CC(N)=NC(N)(c2ccc(OC(F)F)cc2)N1. The number of aliphatic imine (C=N–C) groups is 1. The van der Waals surface area contributed by atoms with Crippen LogP contribution < -0.4 is 21.5 Å². The maximum absolute atomic E-state index is 13.7. The predicted molar refractivity (Wildman–Crippen MR) is 100 cm³/mol. The number of imidazole rings is 1. The number of ether oxygens (including phenoxy) is 1. The van der Waals surface area contributed by atoms with Gasteiger partial charge in [0.1, 0.15) is 29.0 Å². The molecule has 0 saturated heterocycles. The van der Waals surface area contributed by atoms with E-state index in [0.717, 1.165) is 6.20 Å². The molecule has 4 rings (SSSR count). The minimum Gasteiger partial charge on any atom is -0.435 e. The summed E-state index contributed by atoms with van der Waals surface area (Å²) in [5, 5.41) is 3.05. The standard InChI is InChI=1S/C18H16F3N7O/c1-9-25-16-13(6-11(19)8-24-16)28(9)15-7-14(22)26-18(23,27-15)10-2-4-12(5-3-10)29-17(20)21/h2-8,17,27H,23H2,1H3,(H2,22,26). The number of benzene rings is 1. The van der Waals surface area contributed by atoms with Gasteiger partial charge in [-0.3, -0.25) is 10.3 Å². The van der Waals surface area contributed by atoms with Gasteiger partial charge < -0.3 is 15.8 Å². The van der Waals surface area contributed by atoms with E-state index < -0.39 is 18.2 Å². The van der Waals surface area contributed by atoms with Gasteiger partial charge in [-0.05, 0) is 31.2 Å². The molecule has 11 heteroatoms. The van der Waals surface area contributed by atoms with Crippen molar-refractivity contribution in [3.8, 4) is 5.75 Å². The molecule has 29 heavy (non-hydrogen) atoms. The fourth-order valence-corrected chi connectivity index (χ4v) is 3.14. The second-order valence-electron chi connectivity index (χ2n) is 6.35. The summed E-state index contributed by atoms with van der Waals surface area (Å²) < 4.78 is 44.4. The topological polar surface area (TPSA) is 116 Å². The Kier molecular flexibility index (Phi) is 4.38. The summed E-state index contributed by atoms with van der Waals surface area (Å²) >= 11 is 0. The number of nitrogens with two attached hydrogens (primary N) is 2. The van der Waals surface area contributed by atoms with E-state index in [4.69, 9.17) is 11.5 Å². The second kappa shape index (κ2) is 6.78. The number of hydrogen-bond acceptors (Lipinski definition) is 7. The predicted octanol–water partition coefficient (Wildman–Crippen LogP) is 2.01. The van der Waals surface area contributed by atoms with E-state index in [1.165, 1.54) is 36.4 Å². The number of nitrogens with one attached hydrogen (secondary N) is 1. The molecule has 0 spiro atoms. The molecule has 1 unspecified atom stereocenters. The number of rotatable bonds is 4. The lowest BCUT2D eigenvalue weighted by Gasteiger charge is -2.33. The van der Waals surface area contributed by atoms with Crippen LogP contribution in [0.15, 0.2) is 47.6 Å². The molecule has 0 bridgehead atoms. The van der Waals surface area contributed by atoms with E-state index in [1.807, 2.05) is 0 Å². The zero-order valence-corrected chi connectivity index (χ0v) is 15.1. The number of pyridine rings is 1. The Labute approximate surface area is 162 Å². The summed E-state index contributed by atoms with van der Waals surface area (Å²) in [6, 6.07) is 6.97. The number of aromatic nitrogens is 3. The Morgan fingerprint density at radius 1 is 1.24 bits per heavy atom. The lowest BCUT2D eigenvalue weighted by molar-refractivity contribution is -0.0498. The van der Waals surface area contributed by atoms with E-state index >= 15 is 0 Å². The van der Waals surface area contributed by atoms with Crippen molar-refractivity contribution < 1.29 is 17.9 Å². The molecule has 0 aliphatic carbocycles. The summed E-state index contributed by atoms with van der Waals surface area (Å²) in [5.74, 6) is -1.00. The quantitative estimate of drug-likeness (QED) is 0.614. The molecule has 150 valence electrons. The van der Waals surface area contributed by atoms with Crippen molar-refractivity contribution in [2.75, 3.05) is 0 Å². The molecule has 2 aromatic heterocycles. The average molecular weight is 403 g/mol. The second-order valence-corrected chi connectivity index (χ2v) is 6.35. The third kappa shape index (κ3) is 3.47. The van der Waals surface area contributed by atoms with E-state index in [2.05, 4.69) is 25.0 Å². The van der Waals surface area contributed by atoms with Gasteiger partial charge in [-0.25, -0.2) is 19.4 Å². The van der Waals surface area contributed by atoms with Gasteiger partial charge in [0.15, 0.2) is 5.65 Å². The molecule has 1 aromatic carbocycles. The zero-order chi connectivity index (χ0) is 20.8. The first kappa shape index (κ1) is 18.7. The number of fused-ring (bicyclic) bond motifs is 1. The molecular formula is C18H16F3N7O. The first-order valence-electron chi connectivity index (χ1n) is 8.45. The maximum atomic E-state index is 13.7. The van der Waals surface area contributed by atoms with Crippen LogP contribution in [0.3, 0.4) is 0 Å². The fraction of sp³-hybridized carbons (Fsp3) is 0.167. The monoisotopic (exact) mass is 403 g/mol. The summed E-state index contributed by atoms with van der Waals surface area (Å²) in [7, 11) is 0. The Bertz CT molecular complexity index is 1140. The Hall–Kier alpha value is -3.60. The van der Waals surface area contributed by atoms with Crippen molar-refractivity contribution in [2.45, 2.75) is 19.3 Å². The fourth-order valence-electron chi connectivity index (χ4n) is 3.14. The van der Waals surface area contributed by atoms with Crippen molar-refractivity contribution in [1.29, 1.82) is 0 Å². The third-order valence-corrected chi connectivity index (χ3v) is 4.32. The van der Waals surface area contributed by atoms with E-state index in [9.17, 15) is 13.2 Å². The van der Waals surface area contributed by atoms with Crippen LogP contribution in [0.2, 0.25) is 0 Å². The number of alkyl halides is 2. The minimum absolute atomic E-state index is 0.0196. The number of halogens is 3. The van der Waals surface area contributed by atoms with Crippen LogP contribution in [0.4, 0.5) is 13.2 Å². The molecule has 0 saturated carbocycles. The molecule has 5 N–H and O–H groups in total. The first-order chi connectivity index (χ1) is 13.7. The van der Waals surface area contributed by atoms with Crippen LogP contribution in [0.5, 0.6) is 5.75 Å². The van der Waals surface area contributed by atoms with Gasteiger partial charge in [0.25, 0.3) is 0 Å². The van der Waals surface area contributed by atoms with Gasteiger partial charge in [-0.15, -0.1) is 0 Å². The van der Waals surface area contributed by atoms with Gasteiger partial charge in [0.05, 0.1) is 11.7 Å². The number of hydrogen-bond donors (Lipinski definition) is 3. The highest BCUT2D eigenvalue weighted by Crippen LogP contribution is 2.28. The maximum Gasteiger partial charge on any atom is 0.387 e. The van der Waals surface area contributed by atoms with Crippen LogP contribution in [-0.4, -0.2) is 27.0 Å². The smallest absolute Gasteiger partial charge is 0.387 e. The average Bonchev–Trinajstić information content (AvgIpc) is 2.96. The first-order valence-corrected chi connectivity index (χ1v) is 8.45. The third-order valence-electron chi connectivity index (χ3n) is 4.32. The van der Waals surface area contributed by atoms with Gasteiger partial charge in [-0.1, -0.05) is 0 Å². The number of nitrogens with zero attached hydrogens (tertiary/aromatic N) is 4. The molecule has 1 aliphatic rings. The molecule has 3 heterocycles. The van der Waals surface area contributed by atoms with E-state index in [0.29, 0.717) is 28.4 Å². The van der Waals surface area contributed by atoms with Crippen LogP contribution >= 0.6 is 0 Å². The number of amidine groups is 1. The van der Waals surface area contributed by atoms with E-state index in [1.54, 1.807) is 11.5 Å². The van der Waals surface area contributed by atoms with Crippen molar-refractivity contribution >= 4 is 22.8 Å². The lowest BCUT2D eigenvalue weighted by Crippen LogP contribution is -2.52. The molecule has 3 aromatic rings. The highest BCUT2D eigenvalue weighted by Gasteiger charge is 2.32. The largest absolute Gasteiger partial charge is 0.435 e.